The highest BCUT2D eigenvalue weighted by atomic mass is 16.5. The van der Waals surface area contributed by atoms with Gasteiger partial charge in [-0.3, -0.25) is 28.9 Å². The molecular formula is C34H29NO7. The standard InChI is InChI=1S/C34H29NO7/c1-17-14-28(38)26-16-25-22(23(30(26)32(17)39)10-4-19-5-13-27(37)29(15-19)42-3)11-12-24-31(25)34(41)35(33(24)40)21-8-6-20(7-9-21)18(2)36/h4-11,13-15,23-25,31,37H,12,16H2,1-3H3/t23-,24-,25+,31-/m0/s1. The zero-order valence-electron chi connectivity index (χ0n) is 23.4. The van der Waals surface area contributed by atoms with Crippen molar-refractivity contribution in [3.05, 3.63) is 94.1 Å². The van der Waals surface area contributed by atoms with Gasteiger partial charge in [0.2, 0.25) is 11.8 Å². The molecule has 1 N–H and O–H groups in total. The van der Waals surface area contributed by atoms with E-state index < -0.39 is 23.7 Å². The Morgan fingerprint density at radius 1 is 1.02 bits per heavy atom. The summed E-state index contributed by atoms with van der Waals surface area (Å²) in [6.45, 7) is 3.08. The number of fused-ring (bicyclic) bond motifs is 3. The maximum atomic E-state index is 13.9. The van der Waals surface area contributed by atoms with Crippen LogP contribution in [0.25, 0.3) is 6.08 Å². The summed E-state index contributed by atoms with van der Waals surface area (Å²) < 4.78 is 5.23. The van der Waals surface area contributed by atoms with E-state index in [0.717, 1.165) is 11.1 Å². The van der Waals surface area contributed by atoms with E-state index in [0.29, 0.717) is 40.1 Å². The number of allylic oxidation sites excluding steroid dienone is 7. The topological polar surface area (TPSA) is 118 Å². The minimum Gasteiger partial charge on any atom is -0.504 e. The van der Waals surface area contributed by atoms with Crippen LogP contribution in [0.15, 0.2) is 83.0 Å². The first kappa shape index (κ1) is 27.3. The molecule has 6 rings (SSSR count). The van der Waals surface area contributed by atoms with Crippen LogP contribution in [0.3, 0.4) is 0 Å². The average Bonchev–Trinajstić information content (AvgIpc) is 3.24. The molecule has 1 fully saturated rings. The zero-order chi connectivity index (χ0) is 29.9. The number of Topliss-reactive ketones (excluding diaryl/α,β-unsaturated/α-hetero) is 2. The number of ketones is 3. The minimum atomic E-state index is -0.682. The van der Waals surface area contributed by atoms with Gasteiger partial charge in [0.05, 0.1) is 24.6 Å². The molecular weight excluding hydrogens is 534 g/mol. The molecule has 212 valence electrons. The number of carbonyl (C=O) groups excluding carboxylic acids is 5. The number of ether oxygens (including phenoxy) is 1. The Morgan fingerprint density at radius 2 is 1.76 bits per heavy atom. The van der Waals surface area contributed by atoms with Gasteiger partial charge in [0, 0.05) is 28.2 Å². The fraction of sp³-hybridized carbons (Fsp3) is 0.265. The Balaban J connectivity index is 1.40. The summed E-state index contributed by atoms with van der Waals surface area (Å²) in [7, 11) is 1.46. The summed E-state index contributed by atoms with van der Waals surface area (Å²) >= 11 is 0. The molecule has 4 aliphatic rings. The fourth-order valence-electron chi connectivity index (χ4n) is 6.74. The molecule has 8 nitrogen and oxygen atoms in total. The minimum absolute atomic E-state index is 0.00266. The smallest absolute Gasteiger partial charge is 0.238 e. The molecule has 0 bridgehead atoms. The van der Waals surface area contributed by atoms with Gasteiger partial charge in [-0.25, -0.2) is 0 Å². The Morgan fingerprint density at radius 3 is 2.45 bits per heavy atom. The van der Waals surface area contributed by atoms with Crippen LogP contribution in [0.1, 0.15) is 42.6 Å². The third-order valence-corrected chi connectivity index (χ3v) is 8.83. The Hall–Kier alpha value is -4.85. The molecule has 42 heavy (non-hydrogen) atoms. The van der Waals surface area contributed by atoms with Crippen molar-refractivity contribution in [3.63, 3.8) is 0 Å². The number of amides is 2. The van der Waals surface area contributed by atoms with Gasteiger partial charge < -0.3 is 9.84 Å². The second-order valence-electron chi connectivity index (χ2n) is 11.2. The zero-order valence-corrected chi connectivity index (χ0v) is 23.4. The van der Waals surface area contributed by atoms with Crippen LogP contribution in [0.4, 0.5) is 5.69 Å². The van der Waals surface area contributed by atoms with Crippen molar-refractivity contribution >= 4 is 40.9 Å². The lowest BCUT2D eigenvalue weighted by molar-refractivity contribution is -0.123. The van der Waals surface area contributed by atoms with Gasteiger partial charge in [0.15, 0.2) is 28.8 Å². The van der Waals surface area contributed by atoms with Crippen molar-refractivity contribution in [2.45, 2.75) is 26.7 Å². The number of imide groups is 1. The van der Waals surface area contributed by atoms with E-state index in [-0.39, 0.29) is 41.3 Å². The number of anilines is 1. The molecule has 0 aromatic heterocycles. The lowest BCUT2D eigenvalue weighted by Gasteiger charge is -2.41. The number of phenols is 1. The lowest BCUT2D eigenvalue weighted by atomic mass is 9.60. The number of methoxy groups -OCH3 is 1. The summed E-state index contributed by atoms with van der Waals surface area (Å²) in [6.07, 6.45) is 7.50. The summed E-state index contributed by atoms with van der Waals surface area (Å²) in [5.74, 6) is -3.18. The summed E-state index contributed by atoms with van der Waals surface area (Å²) in [6, 6.07) is 11.3. The third-order valence-electron chi connectivity index (χ3n) is 8.83. The summed E-state index contributed by atoms with van der Waals surface area (Å²) in [5, 5.41) is 10.00. The van der Waals surface area contributed by atoms with Gasteiger partial charge in [-0.2, -0.15) is 0 Å². The monoisotopic (exact) mass is 563 g/mol. The summed E-state index contributed by atoms with van der Waals surface area (Å²) in [4.78, 5) is 67.2. The largest absolute Gasteiger partial charge is 0.504 e. The molecule has 8 heteroatoms. The predicted molar refractivity (Wildman–Crippen MR) is 155 cm³/mol. The van der Waals surface area contributed by atoms with Crippen LogP contribution in [0.2, 0.25) is 0 Å². The number of aromatic hydroxyl groups is 1. The molecule has 4 atom stereocenters. The van der Waals surface area contributed by atoms with Crippen LogP contribution < -0.4 is 9.64 Å². The summed E-state index contributed by atoms with van der Waals surface area (Å²) in [5.41, 5.74) is 3.62. The van der Waals surface area contributed by atoms with Crippen molar-refractivity contribution in [2.24, 2.45) is 23.7 Å². The van der Waals surface area contributed by atoms with Crippen LogP contribution >= 0.6 is 0 Å². The van der Waals surface area contributed by atoms with Crippen LogP contribution in [-0.2, 0) is 19.2 Å². The highest BCUT2D eigenvalue weighted by molar-refractivity contribution is 6.24. The Labute approximate surface area is 242 Å². The molecule has 0 saturated carbocycles. The molecule has 0 unspecified atom stereocenters. The number of benzene rings is 2. The Bertz CT molecular complexity index is 1710. The number of hydrogen-bond acceptors (Lipinski definition) is 7. The third kappa shape index (κ3) is 4.26. The van der Waals surface area contributed by atoms with Crippen molar-refractivity contribution in [2.75, 3.05) is 12.0 Å². The van der Waals surface area contributed by atoms with Gasteiger partial charge in [-0.1, -0.05) is 29.9 Å². The van der Waals surface area contributed by atoms with E-state index in [9.17, 15) is 29.1 Å². The molecule has 2 amide bonds. The lowest BCUT2D eigenvalue weighted by Crippen LogP contribution is -2.40. The van der Waals surface area contributed by atoms with E-state index >= 15 is 0 Å². The maximum Gasteiger partial charge on any atom is 0.238 e. The van der Waals surface area contributed by atoms with Crippen molar-refractivity contribution in [1.29, 1.82) is 0 Å². The molecule has 1 saturated heterocycles. The van der Waals surface area contributed by atoms with E-state index in [4.69, 9.17) is 4.74 Å². The quantitative estimate of drug-likeness (QED) is 0.241. The number of carbonyl (C=O) groups is 5. The Kier molecular flexibility index (Phi) is 6.64. The fourth-order valence-corrected chi connectivity index (χ4v) is 6.74. The van der Waals surface area contributed by atoms with E-state index in [2.05, 4.69) is 0 Å². The maximum absolute atomic E-state index is 13.9. The van der Waals surface area contributed by atoms with E-state index in [1.807, 2.05) is 18.2 Å². The van der Waals surface area contributed by atoms with Crippen LogP contribution in [0.5, 0.6) is 11.5 Å². The molecule has 2 aromatic carbocycles. The van der Waals surface area contributed by atoms with Gasteiger partial charge >= 0.3 is 0 Å². The van der Waals surface area contributed by atoms with Crippen molar-refractivity contribution < 1.29 is 33.8 Å². The SMILES string of the molecule is COc1cc(C=C[C@H]2C3=CC[C@@H]4C(=O)N(c5ccc(C(C)=O)cc5)C(=O)[C@@H]4[C@@H]3CC3=C2C(=O)C(C)=CC3=O)ccc1O. The van der Waals surface area contributed by atoms with Crippen LogP contribution in [-0.4, -0.2) is 41.4 Å². The van der Waals surface area contributed by atoms with Gasteiger partial charge in [0.25, 0.3) is 0 Å². The van der Waals surface area contributed by atoms with E-state index in [1.165, 1.54) is 31.1 Å². The van der Waals surface area contributed by atoms with Crippen molar-refractivity contribution in [1.82, 2.24) is 0 Å². The van der Waals surface area contributed by atoms with Gasteiger partial charge in [-0.15, -0.1) is 0 Å². The second-order valence-corrected chi connectivity index (χ2v) is 11.2. The van der Waals surface area contributed by atoms with Crippen molar-refractivity contribution in [3.8, 4) is 11.5 Å². The molecule has 3 aliphatic carbocycles. The van der Waals surface area contributed by atoms with Gasteiger partial charge in [-0.05, 0) is 80.6 Å². The molecule has 0 radical (unpaired) electrons. The predicted octanol–water partition coefficient (Wildman–Crippen LogP) is 4.78. The van der Waals surface area contributed by atoms with E-state index in [1.54, 1.807) is 43.3 Å². The molecule has 1 aliphatic heterocycles. The average molecular weight is 564 g/mol. The number of hydrogen-bond donors (Lipinski definition) is 1. The molecule has 1 heterocycles. The van der Waals surface area contributed by atoms with Crippen LogP contribution in [0, 0.1) is 23.7 Å². The highest BCUT2D eigenvalue weighted by Gasteiger charge is 2.56. The number of rotatable bonds is 5. The normalized spacial score (nSPS) is 25.3. The van der Waals surface area contributed by atoms with Gasteiger partial charge in [0.1, 0.15) is 0 Å². The highest BCUT2D eigenvalue weighted by Crippen LogP contribution is 2.53. The first-order valence-corrected chi connectivity index (χ1v) is 13.8. The first-order valence-electron chi connectivity index (χ1n) is 13.8. The molecule has 0 spiro atoms. The first-order chi connectivity index (χ1) is 20.1. The number of nitrogens with zero attached hydrogens (tertiary/aromatic N) is 1. The second kappa shape index (κ2) is 10.2. The molecule has 2 aromatic rings. The number of phenolic OH excluding ortho intramolecular Hbond substituents is 1.